The Kier molecular flexibility index (Phi) is 3.84. The van der Waals surface area contributed by atoms with Gasteiger partial charge < -0.3 is 5.11 Å². The Balaban J connectivity index is 2.43. The van der Waals surface area contributed by atoms with Crippen molar-refractivity contribution in [3.63, 3.8) is 0 Å². The van der Waals surface area contributed by atoms with Gasteiger partial charge in [0.2, 0.25) is 0 Å². The Bertz CT molecular complexity index is 609. The molecule has 0 saturated heterocycles. The van der Waals surface area contributed by atoms with Crippen LogP contribution in [0.2, 0.25) is 0 Å². The van der Waals surface area contributed by atoms with Gasteiger partial charge in [0.05, 0.1) is 18.5 Å². The van der Waals surface area contributed by atoms with Crippen LogP contribution in [-0.2, 0) is 11.3 Å². The Morgan fingerprint density at radius 2 is 2.00 bits per heavy atom. The number of aryl methyl sites for hydroxylation is 1. The van der Waals surface area contributed by atoms with E-state index in [1.807, 2.05) is 0 Å². The summed E-state index contributed by atoms with van der Waals surface area (Å²) in [6.45, 7) is -0.0768. The van der Waals surface area contributed by atoms with E-state index in [2.05, 4.69) is 31.5 Å². The van der Waals surface area contributed by atoms with Crippen molar-refractivity contribution in [3.8, 4) is 11.4 Å². The molecule has 0 bridgehead atoms. The van der Waals surface area contributed by atoms with Crippen LogP contribution < -0.4 is 0 Å². The minimum Gasteiger partial charge on any atom is -0.481 e. The largest absolute Gasteiger partial charge is 0.481 e. The molecule has 0 amide bonds. The van der Waals surface area contributed by atoms with Crippen molar-refractivity contribution < 1.29 is 18.7 Å². The van der Waals surface area contributed by atoms with Crippen LogP contribution in [-0.4, -0.2) is 31.3 Å². The Morgan fingerprint density at radius 3 is 2.58 bits per heavy atom. The molecule has 0 aliphatic carbocycles. The Hall–Kier alpha value is -1.90. The van der Waals surface area contributed by atoms with Crippen molar-refractivity contribution in [1.29, 1.82) is 0 Å². The molecule has 0 radical (unpaired) electrons. The molecule has 1 N–H and O–H groups in total. The zero-order valence-corrected chi connectivity index (χ0v) is 10.9. The first-order chi connectivity index (χ1) is 8.99. The second kappa shape index (κ2) is 5.39. The van der Waals surface area contributed by atoms with Gasteiger partial charge in [-0.3, -0.25) is 4.79 Å². The van der Waals surface area contributed by atoms with Crippen molar-refractivity contribution >= 4 is 21.9 Å². The third-order valence-electron chi connectivity index (χ3n) is 2.30. The van der Waals surface area contributed by atoms with E-state index in [4.69, 9.17) is 5.11 Å². The summed E-state index contributed by atoms with van der Waals surface area (Å²) in [5, 5.41) is 18.9. The van der Waals surface area contributed by atoms with Crippen LogP contribution in [0.5, 0.6) is 0 Å². The van der Waals surface area contributed by atoms with Gasteiger partial charge in [-0.2, -0.15) is 0 Å². The predicted molar refractivity (Wildman–Crippen MR) is 63.1 cm³/mol. The second-order valence-corrected chi connectivity index (χ2v) is 4.53. The number of tetrazole rings is 1. The molecule has 1 aromatic heterocycles. The van der Waals surface area contributed by atoms with Gasteiger partial charge >= 0.3 is 5.97 Å². The molecular weight excluding hydrogens is 326 g/mol. The number of carbonyl (C=O) groups is 1. The van der Waals surface area contributed by atoms with Gasteiger partial charge in [-0.1, -0.05) is 15.9 Å². The number of hydrogen-bond acceptors (Lipinski definition) is 4. The number of carboxylic acids is 1. The number of carboxylic acid groups (broad SMARTS) is 1. The molecule has 9 heteroatoms. The summed E-state index contributed by atoms with van der Waals surface area (Å²) in [5.74, 6) is -2.88. The lowest BCUT2D eigenvalue weighted by molar-refractivity contribution is -0.137. The van der Waals surface area contributed by atoms with Gasteiger partial charge in [-0.15, -0.1) is 5.10 Å². The fraction of sp³-hybridized carbons (Fsp3) is 0.200. The molecule has 2 aromatic rings. The SMILES string of the molecule is O=C(O)CCn1nnnc1-c1c(F)cc(Br)cc1F. The average molecular weight is 333 g/mol. The first-order valence-electron chi connectivity index (χ1n) is 5.12. The highest BCUT2D eigenvalue weighted by molar-refractivity contribution is 9.10. The maximum Gasteiger partial charge on any atom is 0.305 e. The van der Waals surface area contributed by atoms with E-state index in [0.717, 1.165) is 16.8 Å². The highest BCUT2D eigenvalue weighted by Gasteiger charge is 2.19. The van der Waals surface area contributed by atoms with E-state index in [1.54, 1.807) is 0 Å². The molecule has 0 aliphatic rings. The van der Waals surface area contributed by atoms with E-state index < -0.39 is 23.2 Å². The molecule has 1 aromatic carbocycles. The molecule has 0 fully saturated rings. The van der Waals surface area contributed by atoms with E-state index in [-0.39, 0.29) is 23.3 Å². The molecule has 0 aliphatic heterocycles. The van der Waals surface area contributed by atoms with Gasteiger partial charge in [0.25, 0.3) is 0 Å². The number of rotatable bonds is 4. The maximum absolute atomic E-state index is 13.8. The normalized spacial score (nSPS) is 10.7. The fourth-order valence-electron chi connectivity index (χ4n) is 1.49. The molecule has 100 valence electrons. The van der Waals surface area contributed by atoms with E-state index in [9.17, 15) is 13.6 Å². The van der Waals surface area contributed by atoms with Gasteiger partial charge in [0.15, 0.2) is 5.82 Å². The summed E-state index contributed by atoms with van der Waals surface area (Å²) in [7, 11) is 0. The van der Waals surface area contributed by atoms with Crippen molar-refractivity contribution in [2.75, 3.05) is 0 Å². The fourth-order valence-corrected chi connectivity index (χ4v) is 1.89. The second-order valence-electron chi connectivity index (χ2n) is 3.61. The van der Waals surface area contributed by atoms with Crippen LogP contribution in [0, 0.1) is 11.6 Å². The van der Waals surface area contributed by atoms with Crippen molar-refractivity contribution in [2.45, 2.75) is 13.0 Å². The van der Waals surface area contributed by atoms with Gasteiger partial charge in [-0.25, -0.2) is 13.5 Å². The van der Waals surface area contributed by atoms with Crippen LogP contribution in [0.1, 0.15) is 6.42 Å². The standard InChI is InChI=1S/C10H7BrF2N4O2/c11-5-3-6(12)9(7(13)4-5)10-14-15-16-17(10)2-1-8(18)19/h3-4H,1-2H2,(H,18,19). The summed E-state index contributed by atoms with van der Waals surface area (Å²) in [6.07, 6.45) is -0.252. The Morgan fingerprint density at radius 1 is 1.37 bits per heavy atom. The lowest BCUT2D eigenvalue weighted by atomic mass is 10.2. The first-order valence-corrected chi connectivity index (χ1v) is 5.91. The molecule has 0 saturated carbocycles. The smallest absolute Gasteiger partial charge is 0.305 e. The van der Waals surface area contributed by atoms with Crippen LogP contribution in [0.4, 0.5) is 8.78 Å². The first kappa shape index (κ1) is 13.5. The molecule has 0 unspecified atom stereocenters. The lowest BCUT2D eigenvalue weighted by Gasteiger charge is -2.06. The maximum atomic E-state index is 13.8. The number of hydrogen-bond donors (Lipinski definition) is 1. The van der Waals surface area contributed by atoms with Crippen LogP contribution in [0.25, 0.3) is 11.4 Å². The summed E-state index contributed by atoms with van der Waals surface area (Å²) < 4.78 is 28.8. The number of aliphatic carboxylic acids is 1. The molecule has 0 atom stereocenters. The molecule has 19 heavy (non-hydrogen) atoms. The monoisotopic (exact) mass is 332 g/mol. The van der Waals surface area contributed by atoms with Gasteiger partial charge in [-0.05, 0) is 22.6 Å². The molecule has 6 nitrogen and oxygen atoms in total. The van der Waals surface area contributed by atoms with Crippen molar-refractivity contribution in [3.05, 3.63) is 28.2 Å². The highest BCUT2D eigenvalue weighted by Crippen LogP contribution is 2.27. The molecule has 2 rings (SSSR count). The van der Waals surface area contributed by atoms with Gasteiger partial charge in [0.1, 0.15) is 11.6 Å². The number of aromatic nitrogens is 4. The van der Waals surface area contributed by atoms with E-state index in [1.165, 1.54) is 0 Å². The highest BCUT2D eigenvalue weighted by atomic mass is 79.9. The topological polar surface area (TPSA) is 80.9 Å². The average Bonchev–Trinajstić information content (AvgIpc) is 2.73. The van der Waals surface area contributed by atoms with E-state index >= 15 is 0 Å². The van der Waals surface area contributed by atoms with Gasteiger partial charge in [0, 0.05) is 4.47 Å². The van der Waals surface area contributed by atoms with E-state index in [0.29, 0.717) is 0 Å². The Labute approximate surface area is 114 Å². The summed E-state index contributed by atoms with van der Waals surface area (Å²) in [4.78, 5) is 10.5. The number of halogens is 3. The third kappa shape index (κ3) is 2.92. The summed E-state index contributed by atoms with van der Waals surface area (Å²) in [6, 6.07) is 2.16. The van der Waals surface area contributed by atoms with Crippen LogP contribution in [0.3, 0.4) is 0 Å². The predicted octanol–water partition coefficient (Wildman–Crippen LogP) is 1.86. The summed E-state index contributed by atoms with van der Waals surface area (Å²) in [5.41, 5.74) is -0.390. The minimum absolute atomic E-state index is 0.0768. The minimum atomic E-state index is -1.06. The van der Waals surface area contributed by atoms with Crippen LogP contribution >= 0.6 is 15.9 Å². The molecule has 1 heterocycles. The number of nitrogens with zero attached hydrogens (tertiary/aromatic N) is 4. The van der Waals surface area contributed by atoms with Crippen molar-refractivity contribution in [2.24, 2.45) is 0 Å². The van der Waals surface area contributed by atoms with Crippen molar-refractivity contribution in [1.82, 2.24) is 20.2 Å². The summed E-state index contributed by atoms with van der Waals surface area (Å²) >= 11 is 2.96. The molecule has 0 spiro atoms. The lowest BCUT2D eigenvalue weighted by Crippen LogP contribution is -2.09. The zero-order chi connectivity index (χ0) is 14.0. The quantitative estimate of drug-likeness (QED) is 0.924. The van der Waals surface area contributed by atoms with Crippen LogP contribution in [0.15, 0.2) is 16.6 Å². The number of benzene rings is 1. The molecular formula is C10H7BrF2N4O2. The zero-order valence-electron chi connectivity index (χ0n) is 9.35. The third-order valence-corrected chi connectivity index (χ3v) is 2.76.